The molecule has 2 heterocycles. The Hall–Kier alpha value is -1.76. The Kier molecular flexibility index (Phi) is 18.7. The number of aromatic nitrogens is 4. The fourth-order valence-electron chi connectivity index (χ4n) is 6.74. The number of nitrogens with two attached hydrogens (primary N) is 1. The van der Waals surface area contributed by atoms with Gasteiger partial charge in [0.1, 0.15) is 26.3 Å². The summed E-state index contributed by atoms with van der Waals surface area (Å²) in [7, 11) is -5.36. The summed E-state index contributed by atoms with van der Waals surface area (Å²) < 4.78 is 25.1. The van der Waals surface area contributed by atoms with Crippen molar-refractivity contribution in [3.63, 3.8) is 0 Å². The van der Waals surface area contributed by atoms with Gasteiger partial charge in [-0.1, -0.05) is 112 Å². The fourth-order valence-corrected chi connectivity index (χ4v) is 13.0. The first-order valence-electron chi connectivity index (χ1n) is 17.9. The second kappa shape index (κ2) is 21.3. The number of fused-ring (bicyclic) bond motifs is 1. The lowest BCUT2D eigenvalue weighted by Gasteiger charge is -2.38. The second-order valence-corrected chi connectivity index (χ2v) is 21.3. The van der Waals surface area contributed by atoms with Gasteiger partial charge in [-0.25, -0.2) is 15.0 Å². The molecule has 2 rings (SSSR count). The maximum atomic E-state index is 12.4. The Labute approximate surface area is 280 Å². The molecule has 0 saturated heterocycles. The summed E-state index contributed by atoms with van der Waals surface area (Å²) in [4.78, 5) is 22.5. The van der Waals surface area contributed by atoms with Gasteiger partial charge in [-0.3, -0.25) is 4.57 Å². The normalized spacial score (nSPS) is 14.2. The van der Waals surface area contributed by atoms with E-state index in [0.717, 1.165) is 42.3 Å². The van der Waals surface area contributed by atoms with E-state index in [4.69, 9.17) is 15.0 Å². The lowest BCUT2D eigenvalue weighted by Crippen LogP contribution is -2.43. The number of rotatable bonds is 24. The number of ether oxygens (including phenoxy) is 1. The van der Waals surface area contributed by atoms with Gasteiger partial charge in [0.25, 0.3) is 0 Å². The maximum absolute atomic E-state index is 12.4. The molecule has 9 nitrogen and oxygen atoms in total. The van der Waals surface area contributed by atoms with Gasteiger partial charge in [0.05, 0.1) is 25.6 Å². The Morgan fingerprint density at radius 3 is 1.89 bits per heavy atom. The van der Waals surface area contributed by atoms with Crippen LogP contribution in [-0.2, 0) is 20.4 Å². The van der Waals surface area contributed by atoms with E-state index in [1.807, 2.05) is 6.92 Å². The molecule has 2 aromatic heterocycles. The zero-order chi connectivity index (χ0) is 34.0. The molecule has 0 radical (unpaired) electrons. The fraction of sp³-hybridized carbons (Fsp3) is 0.800. The average molecular weight is 678 g/mol. The molecule has 0 aliphatic rings. The molecule has 0 aliphatic heterocycles. The van der Waals surface area contributed by atoms with Gasteiger partial charge in [-0.05, 0) is 36.4 Å². The molecule has 0 bridgehead atoms. The minimum Gasteiger partial charge on any atom is -0.382 e. The van der Waals surface area contributed by atoms with Gasteiger partial charge in [-0.2, -0.15) is 0 Å². The van der Waals surface area contributed by atoms with Crippen molar-refractivity contribution in [1.82, 2.24) is 19.5 Å². The van der Waals surface area contributed by atoms with E-state index in [9.17, 15) is 9.46 Å². The molecule has 0 spiro atoms. The van der Waals surface area contributed by atoms with Crippen LogP contribution in [0.25, 0.3) is 11.2 Å². The maximum Gasteiger partial charge on any atom is 0.353 e. The molecule has 0 aliphatic carbocycles. The van der Waals surface area contributed by atoms with Crippen molar-refractivity contribution < 1.29 is 18.7 Å². The molecule has 1 unspecified atom stereocenters. The predicted molar refractivity (Wildman–Crippen MR) is 194 cm³/mol. The van der Waals surface area contributed by atoms with Crippen LogP contribution >= 0.6 is 7.60 Å². The zero-order valence-corrected chi connectivity index (χ0v) is 31.9. The molecular formula is C35H64N5O4PSi. The third kappa shape index (κ3) is 13.8. The molecular weight excluding hydrogens is 613 g/mol. The molecule has 3 N–H and O–H groups in total. The Balaban J connectivity index is 1.41. The van der Waals surface area contributed by atoms with Crippen LogP contribution in [0.15, 0.2) is 12.7 Å². The van der Waals surface area contributed by atoms with Crippen molar-refractivity contribution in [2.24, 2.45) is 0 Å². The number of nitrogen functional groups attached to an aromatic ring is 1. The Bertz CT molecular complexity index is 1220. The molecule has 0 amide bonds. The van der Waals surface area contributed by atoms with Crippen molar-refractivity contribution in [2.45, 2.75) is 168 Å². The summed E-state index contributed by atoms with van der Waals surface area (Å²) in [5, 5.41) is 0. The van der Waals surface area contributed by atoms with Crippen LogP contribution in [0.5, 0.6) is 0 Å². The van der Waals surface area contributed by atoms with Crippen LogP contribution in [0.1, 0.15) is 138 Å². The number of nitrogens with zero attached hydrogens (tertiary/aromatic N) is 4. The average Bonchev–Trinajstić information content (AvgIpc) is 3.40. The molecule has 0 fully saturated rings. The third-order valence-corrected chi connectivity index (χ3v) is 16.7. The topological polar surface area (TPSA) is 125 Å². The van der Waals surface area contributed by atoms with E-state index < -0.39 is 15.7 Å². The first kappa shape index (κ1) is 40.4. The summed E-state index contributed by atoms with van der Waals surface area (Å²) in [6.45, 7) is 16.8. The first-order chi connectivity index (χ1) is 21.9. The Morgan fingerprint density at radius 1 is 0.826 bits per heavy atom. The van der Waals surface area contributed by atoms with Crippen LogP contribution < -0.4 is 5.73 Å². The van der Waals surface area contributed by atoms with Crippen LogP contribution in [0.2, 0.25) is 16.6 Å². The van der Waals surface area contributed by atoms with Crippen molar-refractivity contribution in [2.75, 3.05) is 18.7 Å². The van der Waals surface area contributed by atoms with Crippen LogP contribution in [0, 0.1) is 11.5 Å². The highest BCUT2D eigenvalue weighted by atomic mass is 31.2. The van der Waals surface area contributed by atoms with E-state index in [1.165, 1.54) is 70.5 Å². The highest BCUT2D eigenvalue weighted by molar-refractivity contribution is 7.52. The molecule has 2 aromatic rings. The SMILES string of the molecule is CC(C)[Si](C#CCCCCCCCCCCCCCCCOP(=O)(O)CO[C@H](C)Cn1cnc2c(N)ncnc21)(C(C)C)C(C)C. The first-order valence-corrected chi connectivity index (χ1v) is 21.9. The summed E-state index contributed by atoms with van der Waals surface area (Å²) in [5.74, 6) is 3.93. The number of anilines is 1. The quantitative estimate of drug-likeness (QED) is 0.0487. The minimum atomic E-state index is -3.80. The van der Waals surface area contributed by atoms with Gasteiger partial charge in [-0.15, -0.1) is 11.5 Å². The Morgan fingerprint density at radius 2 is 1.35 bits per heavy atom. The number of unbranched alkanes of at least 4 members (excludes halogenated alkanes) is 13. The molecule has 0 saturated carbocycles. The highest BCUT2D eigenvalue weighted by Gasteiger charge is 2.41. The molecule has 2 atom stereocenters. The van der Waals surface area contributed by atoms with Crippen LogP contribution in [-0.4, -0.2) is 51.5 Å². The summed E-state index contributed by atoms with van der Waals surface area (Å²) >= 11 is 0. The summed E-state index contributed by atoms with van der Waals surface area (Å²) in [6, 6.07) is 0. The smallest absolute Gasteiger partial charge is 0.353 e. The van der Waals surface area contributed by atoms with Crippen molar-refractivity contribution in [1.29, 1.82) is 0 Å². The van der Waals surface area contributed by atoms with E-state index in [1.54, 1.807) is 10.9 Å². The largest absolute Gasteiger partial charge is 0.382 e. The minimum absolute atomic E-state index is 0.275. The predicted octanol–water partition coefficient (Wildman–Crippen LogP) is 9.66. The van der Waals surface area contributed by atoms with Gasteiger partial charge in [0, 0.05) is 6.42 Å². The lowest BCUT2D eigenvalue weighted by molar-refractivity contribution is 0.0715. The van der Waals surface area contributed by atoms with Crippen LogP contribution in [0.4, 0.5) is 5.82 Å². The van der Waals surface area contributed by atoms with Gasteiger partial charge in [0.2, 0.25) is 0 Å². The number of imidazole rings is 1. The van der Waals surface area contributed by atoms with E-state index in [-0.39, 0.29) is 19.1 Å². The molecule has 262 valence electrons. The number of hydrogen-bond donors (Lipinski definition) is 2. The van der Waals surface area contributed by atoms with Gasteiger partial charge in [0.15, 0.2) is 11.5 Å². The van der Waals surface area contributed by atoms with Crippen LogP contribution in [0.3, 0.4) is 0 Å². The zero-order valence-electron chi connectivity index (χ0n) is 30.0. The van der Waals surface area contributed by atoms with Crippen molar-refractivity contribution >= 4 is 32.7 Å². The van der Waals surface area contributed by atoms with E-state index in [0.29, 0.717) is 23.5 Å². The standard InChI is InChI=1S/C35H64N5O4PSi/c1-29(2)46(30(3)4,31(5)6)24-22-20-18-16-14-12-10-8-9-11-13-15-17-19-21-23-44-45(41,42)28-43-32(7)25-40-27-39-33-34(36)37-26-38-35(33)40/h26-27,29-32H,8-21,23,25,28H2,1-7H3,(H,41,42)(H2,36,37,38)/t32-/m1/s1. The van der Waals surface area contributed by atoms with E-state index >= 15 is 0 Å². The highest BCUT2D eigenvalue weighted by Crippen LogP contribution is 2.42. The number of hydrogen-bond acceptors (Lipinski definition) is 7. The van der Waals surface area contributed by atoms with Gasteiger partial charge < -0.3 is 24.5 Å². The van der Waals surface area contributed by atoms with E-state index in [2.05, 4.69) is 68.0 Å². The molecule has 11 heteroatoms. The molecule has 46 heavy (non-hydrogen) atoms. The van der Waals surface area contributed by atoms with Gasteiger partial charge >= 0.3 is 7.60 Å². The molecule has 0 aromatic carbocycles. The lowest BCUT2D eigenvalue weighted by atomic mass is 10.0. The van der Waals surface area contributed by atoms with Crippen molar-refractivity contribution in [3.8, 4) is 11.5 Å². The summed E-state index contributed by atoms with van der Waals surface area (Å²) in [5.41, 5.74) is 13.0. The third-order valence-electron chi connectivity index (χ3n) is 9.32. The second-order valence-electron chi connectivity index (χ2n) is 14.0. The van der Waals surface area contributed by atoms with Crippen molar-refractivity contribution in [3.05, 3.63) is 12.7 Å². The monoisotopic (exact) mass is 677 g/mol. The summed E-state index contributed by atoms with van der Waals surface area (Å²) in [6.07, 6.45) is 19.4.